The van der Waals surface area contributed by atoms with Crippen LogP contribution >= 0.6 is 7.60 Å². The summed E-state index contributed by atoms with van der Waals surface area (Å²) < 4.78 is 32.8. The summed E-state index contributed by atoms with van der Waals surface area (Å²) in [5, 5.41) is 0. The third kappa shape index (κ3) is 4.67. The molecule has 0 aliphatic carbocycles. The van der Waals surface area contributed by atoms with Gasteiger partial charge in [0, 0.05) is 0 Å². The number of primary amides is 1. The first-order chi connectivity index (χ1) is 6.98. The summed E-state index contributed by atoms with van der Waals surface area (Å²) in [4.78, 5) is 19.0. The third-order valence-electron chi connectivity index (χ3n) is 1.06. The zero-order chi connectivity index (χ0) is 11.9. The normalized spacial score (nSPS) is 13.8. The highest BCUT2D eigenvalue weighted by molar-refractivity contribution is 7.55. The summed E-state index contributed by atoms with van der Waals surface area (Å²) in [5.74, 6) is -4.13. The van der Waals surface area contributed by atoms with Gasteiger partial charge in [-0.1, -0.05) is 0 Å². The summed E-state index contributed by atoms with van der Waals surface area (Å²) >= 11 is 0. The first-order valence-electron chi connectivity index (χ1n) is 4.13. The van der Waals surface area contributed by atoms with Crippen LogP contribution < -0.4 is 5.73 Å². The van der Waals surface area contributed by atoms with E-state index in [2.05, 4.69) is 24.9 Å². The number of carbonyl (C=O) groups excluding carboxylic acids is 1. The maximum absolute atomic E-state index is 13.1. The molecule has 1 unspecified atom stereocenters. The van der Waals surface area contributed by atoms with Crippen LogP contribution in [0, 0.1) is 0 Å². The van der Waals surface area contributed by atoms with Gasteiger partial charge in [-0.25, -0.2) is 14.2 Å². The van der Waals surface area contributed by atoms with E-state index in [-0.39, 0.29) is 13.2 Å². The molecule has 0 bridgehead atoms. The van der Waals surface area contributed by atoms with Gasteiger partial charge in [0.15, 0.2) is 0 Å². The van der Waals surface area contributed by atoms with E-state index in [4.69, 9.17) is 0 Å². The van der Waals surface area contributed by atoms with Crippen molar-refractivity contribution in [3.63, 3.8) is 0 Å². The first-order valence-corrected chi connectivity index (χ1v) is 5.74. The van der Waals surface area contributed by atoms with E-state index < -0.39 is 19.4 Å². The SMILES string of the molecule is CCOOP(=O)(OOCC)C(F)C(N)=O. The van der Waals surface area contributed by atoms with Crippen LogP contribution in [0.2, 0.25) is 0 Å². The summed E-state index contributed by atoms with van der Waals surface area (Å²) in [5.41, 5.74) is 4.61. The predicted molar refractivity (Wildman–Crippen MR) is 47.1 cm³/mol. The summed E-state index contributed by atoms with van der Waals surface area (Å²) in [6.45, 7) is 2.99. The molecule has 0 saturated heterocycles. The van der Waals surface area contributed by atoms with Crippen LogP contribution in [0.4, 0.5) is 4.39 Å². The largest absolute Gasteiger partial charge is 0.427 e. The van der Waals surface area contributed by atoms with Crippen LogP contribution in [0.3, 0.4) is 0 Å². The topological polar surface area (TPSA) is 97.1 Å². The Kier molecular flexibility index (Phi) is 6.62. The molecule has 0 aliphatic rings. The van der Waals surface area contributed by atoms with Gasteiger partial charge in [-0.3, -0.25) is 9.36 Å². The van der Waals surface area contributed by atoms with Crippen molar-refractivity contribution in [3.05, 3.63) is 0 Å². The lowest BCUT2D eigenvalue weighted by Crippen LogP contribution is -2.26. The van der Waals surface area contributed by atoms with E-state index in [0.717, 1.165) is 0 Å². The molecule has 15 heavy (non-hydrogen) atoms. The smallest absolute Gasteiger partial charge is 0.367 e. The minimum atomic E-state index is -4.49. The Hall–Kier alpha value is -0.530. The molecule has 0 spiro atoms. The number of alkyl halides is 1. The van der Waals surface area contributed by atoms with Crippen LogP contribution in [0.15, 0.2) is 0 Å². The standard InChI is InChI=1S/C6H13FNO6P/c1-3-11-13-15(10,14-12-4-2)5(7)6(8)9/h5H,3-4H2,1-2H3,(H2,8,9). The Morgan fingerprint density at radius 2 is 1.73 bits per heavy atom. The third-order valence-corrected chi connectivity index (χ3v) is 2.50. The van der Waals surface area contributed by atoms with Crippen molar-refractivity contribution in [2.45, 2.75) is 19.8 Å². The molecule has 1 atom stereocenters. The van der Waals surface area contributed by atoms with Crippen molar-refractivity contribution in [1.29, 1.82) is 0 Å². The van der Waals surface area contributed by atoms with Gasteiger partial charge in [-0.2, -0.15) is 0 Å². The maximum atomic E-state index is 13.1. The van der Waals surface area contributed by atoms with Crippen molar-refractivity contribution >= 4 is 13.5 Å². The monoisotopic (exact) mass is 245 g/mol. The molecule has 2 N–H and O–H groups in total. The van der Waals surface area contributed by atoms with Gasteiger partial charge in [0.2, 0.25) is 0 Å². The van der Waals surface area contributed by atoms with E-state index in [1.54, 1.807) is 0 Å². The highest BCUT2D eigenvalue weighted by Gasteiger charge is 2.43. The van der Waals surface area contributed by atoms with Gasteiger partial charge in [-0.15, -0.1) is 9.35 Å². The molecule has 1 amide bonds. The second kappa shape index (κ2) is 6.86. The molecule has 0 saturated carbocycles. The van der Waals surface area contributed by atoms with Gasteiger partial charge in [0.1, 0.15) is 0 Å². The number of amides is 1. The zero-order valence-electron chi connectivity index (χ0n) is 8.34. The van der Waals surface area contributed by atoms with Crippen LogP contribution in [0.5, 0.6) is 0 Å². The Morgan fingerprint density at radius 1 is 1.33 bits per heavy atom. The Bertz CT molecular complexity index is 238. The maximum Gasteiger partial charge on any atom is 0.427 e. The molecule has 0 aromatic rings. The number of carbonyl (C=O) groups is 1. The molecule has 0 fully saturated rings. The quantitative estimate of drug-likeness (QED) is 0.387. The summed E-state index contributed by atoms with van der Waals surface area (Å²) in [7, 11) is -4.49. The first kappa shape index (κ1) is 14.5. The van der Waals surface area contributed by atoms with Gasteiger partial charge in [-0.05, 0) is 13.8 Å². The summed E-state index contributed by atoms with van der Waals surface area (Å²) in [6.07, 6.45) is 0. The molecule has 0 aromatic carbocycles. The van der Waals surface area contributed by atoms with Crippen LogP contribution in [0.25, 0.3) is 0 Å². The fourth-order valence-corrected chi connectivity index (χ4v) is 1.49. The van der Waals surface area contributed by atoms with Crippen LogP contribution in [-0.2, 0) is 28.5 Å². The second-order valence-corrected chi connectivity index (χ2v) is 4.07. The number of halogens is 1. The van der Waals surface area contributed by atoms with Crippen molar-refractivity contribution in [3.8, 4) is 0 Å². The minimum Gasteiger partial charge on any atom is -0.367 e. The molecular weight excluding hydrogens is 232 g/mol. The lowest BCUT2D eigenvalue weighted by molar-refractivity contribution is -0.265. The van der Waals surface area contributed by atoms with Gasteiger partial charge < -0.3 is 5.73 Å². The van der Waals surface area contributed by atoms with E-state index in [9.17, 15) is 13.8 Å². The minimum absolute atomic E-state index is 0.00897. The molecule has 0 aliphatic heterocycles. The van der Waals surface area contributed by atoms with Gasteiger partial charge in [0.05, 0.1) is 13.2 Å². The summed E-state index contributed by atoms with van der Waals surface area (Å²) in [6, 6.07) is 0. The lowest BCUT2D eigenvalue weighted by Gasteiger charge is -2.16. The molecule has 9 heteroatoms. The van der Waals surface area contributed by atoms with Crippen molar-refractivity contribution in [2.24, 2.45) is 5.73 Å². The molecule has 0 aromatic heterocycles. The van der Waals surface area contributed by atoms with Gasteiger partial charge >= 0.3 is 7.60 Å². The fourth-order valence-electron chi connectivity index (χ4n) is 0.496. The highest BCUT2D eigenvalue weighted by Crippen LogP contribution is 2.54. The zero-order valence-corrected chi connectivity index (χ0v) is 9.24. The average Bonchev–Trinajstić information content (AvgIpc) is 2.22. The predicted octanol–water partition coefficient (Wildman–Crippen LogP) is 0.897. The van der Waals surface area contributed by atoms with Crippen molar-refractivity contribution in [1.82, 2.24) is 0 Å². The van der Waals surface area contributed by atoms with Crippen LogP contribution in [-0.4, -0.2) is 25.0 Å². The van der Waals surface area contributed by atoms with E-state index in [1.807, 2.05) is 0 Å². The number of nitrogens with two attached hydrogens (primary N) is 1. The highest BCUT2D eigenvalue weighted by atomic mass is 31.2. The van der Waals surface area contributed by atoms with Crippen LogP contribution in [0.1, 0.15) is 13.8 Å². The van der Waals surface area contributed by atoms with E-state index in [1.165, 1.54) is 13.8 Å². The van der Waals surface area contributed by atoms with Crippen molar-refractivity contribution < 1.29 is 32.9 Å². The number of hydrogen-bond donors (Lipinski definition) is 1. The van der Waals surface area contributed by atoms with Crippen molar-refractivity contribution in [2.75, 3.05) is 13.2 Å². The molecule has 0 radical (unpaired) electrons. The Balaban J connectivity index is 4.53. The van der Waals surface area contributed by atoms with E-state index >= 15 is 0 Å². The molecule has 0 rings (SSSR count). The van der Waals surface area contributed by atoms with Gasteiger partial charge in [0.25, 0.3) is 11.8 Å². The molecule has 0 heterocycles. The fraction of sp³-hybridized carbons (Fsp3) is 0.833. The number of rotatable bonds is 8. The Morgan fingerprint density at radius 3 is 2.00 bits per heavy atom. The molecule has 7 nitrogen and oxygen atoms in total. The number of hydrogen-bond acceptors (Lipinski definition) is 6. The second-order valence-electron chi connectivity index (χ2n) is 2.24. The Labute approximate surface area is 86.0 Å². The van der Waals surface area contributed by atoms with E-state index in [0.29, 0.717) is 0 Å². The average molecular weight is 245 g/mol. The molecular formula is C6H13FNO6P. The molecule has 90 valence electrons. The lowest BCUT2D eigenvalue weighted by atomic mass is 10.7.